The van der Waals surface area contributed by atoms with Gasteiger partial charge in [-0.1, -0.05) is 26.2 Å². The normalized spacial score (nSPS) is 33.9. The molecule has 1 N–H and O–H groups in total. The second-order valence-electron chi connectivity index (χ2n) is 9.50. The Hall–Kier alpha value is -2.18. The number of aryl methyl sites for hydroxylation is 1. The highest BCUT2D eigenvalue weighted by molar-refractivity contribution is 5.93. The number of fused-ring (bicyclic) bond motifs is 4. The predicted octanol–water partition coefficient (Wildman–Crippen LogP) is 4.40. The molecule has 6 atom stereocenters. The fourth-order valence-corrected chi connectivity index (χ4v) is 6.63. The molecule has 156 valence electrons. The lowest BCUT2D eigenvalue weighted by atomic mass is 9.71. The molecular weight excluding hydrogens is 366 g/mol. The molecule has 2 aromatic rings. The number of amides is 1. The minimum Gasteiger partial charge on any atom is -0.449 e. The number of nitrogens with zero attached hydrogens (tertiary/aromatic N) is 4. The molecule has 0 spiro atoms. The molecular formula is C22H31N5O2. The van der Waals surface area contributed by atoms with Gasteiger partial charge in [-0.3, -0.25) is 5.32 Å². The third-order valence-corrected chi connectivity index (χ3v) is 7.87. The molecule has 0 saturated heterocycles. The van der Waals surface area contributed by atoms with Crippen molar-refractivity contribution in [2.24, 2.45) is 42.6 Å². The monoisotopic (exact) mass is 397 g/mol. The van der Waals surface area contributed by atoms with Gasteiger partial charge in [0.05, 0.1) is 12.9 Å². The van der Waals surface area contributed by atoms with E-state index in [0.29, 0.717) is 29.5 Å². The lowest BCUT2D eigenvalue weighted by Gasteiger charge is -2.35. The Morgan fingerprint density at radius 3 is 2.76 bits per heavy atom. The smallest absolute Gasteiger partial charge is 0.412 e. The summed E-state index contributed by atoms with van der Waals surface area (Å²) in [6.07, 6.45) is 12.1. The largest absolute Gasteiger partial charge is 0.449 e. The molecule has 6 unspecified atom stereocenters. The van der Waals surface area contributed by atoms with Crippen molar-refractivity contribution in [1.29, 1.82) is 0 Å². The summed E-state index contributed by atoms with van der Waals surface area (Å²) in [6, 6.07) is 0. The van der Waals surface area contributed by atoms with Gasteiger partial charge in [0.1, 0.15) is 6.33 Å². The van der Waals surface area contributed by atoms with E-state index in [-0.39, 0.29) is 0 Å². The molecule has 5 rings (SSSR count). The number of anilines is 1. The molecule has 7 heteroatoms. The maximum atomic E-state index is 12.6. The lowest BCUT2D eigenvalue weighted by molar-refractivity contribution is 0.0893. The van der Waals surface area contributed by atoms with Gasteiger partial charge in [0, 0.05) is 7.05 Å². The van der Waals surface area contributed by atoms with Crippen LogP contribution in [0.4, 0.5) is 10.6 Å². The lowest BCUT2D eigenvalue weighted by Crippen LogP contribution is -2.29. The van der Waals surface area contributed by atoms with Crippen molar-refractivity contribution in [1.82, 2.24) is 19.5 Å². The summed E-state index contributed by atoms with van der Waals surface area (Å²) in [6.45, 7) is 2.91. The van der Waals surface area contributed by atoms with Crippen molar-refractivity contribution in [2.75, 3.05) is 11.9 Å². The van der Waals surface area contributed by atoms with E-state index in [9.17, 15) is 4.79 Å². The molecule has 0 radical (unpaired) electrons. The van der Waals surface area contributed by atoms with Crippen LogP contribution in [0.1, 0.15) is 51.9 Å². The van der Waals surface area contributed by atoms with Crippen LogP contribution in [-0.2, 0) is 11.8 Å². The Kier molecular flexibility index (Phi) is 4.92. The van der Waals surface area contributed by atoms with Gasteiger partial charge in [-0.15, -0.1) is 0 Å². The van der Waals surface area contributed by atoms with Crippen molar-refractivity contribution in [3.63, 3.8) is 0 Å². The van der Waals surface area contributed by atoms with E-state index in [1.54, 1.807) is 10.9 Å². The molecule has 2 heterocycles. The molecule has 29 heavy (non-hydrogen) atoms. The number of aromatic nitrogens is 4. The van der Waals surface area contributed by atoms with Crippen LogP contribution < -0.4 is 5.32 Å². The number of rotatable bonds is 3. The van der Waals surface area contributed by atoms with Gasteiger partial charge < -0.3 is 9.30 Å². The van der Waals surface area contributed by atoms with E-state index in [1.807, 2.05) is 7.05 Å². The molecule has 0 aromatic carbocycles. The number of carbonyl (C=O) groups excluding carboxylic acids is 1. The summed E-state index contributed by atoms with van der Waals surface area (Å²) >= 11 is 0. The first-order valence-corrected chi connectivity index (χ1v) is 11.2. The van der Waals surface area contributed by atoms with Gasteiger partial charge in [0.15, 0.2) is 17.0 Å². The van der Waals surface area contributed by atoms with Crippen molar-refractivity contribution in [3.05, 3.63) is 12.7 Å². The zero-order valence-corrected chi connectivity index (χ0v) is 17.4. The highest BCUT2D eigenvalue weighted by Gasteiger charge is 2.52. The zero-order chi connectivity index (χ0) is 20.0. The number of ether oxygens (including phenoxy) is 1. The second kappa shape index (κ2) is 7.58. The van der Waals surface area contributed by atoms with Gasteiger partial charge in [-0.25, -0.2) is 19.7 Å². The molecule has 3 saturated carbocycles. The van der Waals surface area contributed by atoms with E-state index in [2.05, 4.69) is 27.2 Å². The van der Waals surface area contributed by atoms with Crippen molar-refractivity contribution < 1.29 is 9.53 Å². The fourth-order valence-electron chi connectivity index (χ4n) is 6.63. The van der Waals surface area contributed by atoms with Crippen molar-refractivity contribution in [2.45, 2.75) is 51.9 Å². The van der Waals surface area contributed by atoms with Crippen LogP contribution in [0, 0.1) is 35.5 Å². The Morgan fingerprint density at radius 1 is 1.10 bits per heavy atom. The average Bonchev–Trinajstić information content (AvgIpc) is 3.25. The van der Waals surface area contributed by atoms with Crippen LogP contribution in [-0.4, -0.2) is 32.2 Å². The Labute approximate surface area is 171 Å². The summed E-state index contributed by atoms with van der Waals surface area (Å²) in [5.41, 5.74) is 1.27. The van der Waals surface area contributed by atoms with Gasteiger partial charge >= 0.3 is 6.09 Å². The van der Waals surface area contributed by atoms with Gasteiger partial charge in [0.2, 0.25) is 0 Å². The van der Waals surface area contributed by atoms with Crippen LogP contribution in [0.5, 0.6) is 0 Å². The summed E-state index contributed by atoms with van der Waals surface area (Å²) in [5, 5.41) is 2.79. The molecule has 0 aliphatic heterocycles. The number of hydrogen-bond acceptors (Lipinski definition) is 5. The summed E-state index contributed by atoms with van der Waals surface area (Å²) in [5.74, 6) is 4.88. The van der Waals surface area contributed by atoms with Gasteiger partial charge in [-0.05, 0) is 61.2 Å². The third kappa shape index (κ3) is 3.38. The highest BCUT2D eigenvalue weighted by atomic mass is 16.5. The number of hydrogen-bond donors (Lipinski definition) is 1. The van der Waals surface area contributed by atoms with E-state index in [1.165, 1.54) is 51.3 Å². The van der Waals surface area contributed by atoms with Crippen molar-refractivity contribution in [3.8, 4) is 0 Å². The number of carbonyl (C=O) groups is 1. The topological polar surface area (TPSA) is 81.9 Å². The first-order chi connectivity index (χ1) is 14.1. The van der Waals surface area contributed by atoms with E-state index in [0.717, 1.165) is 29.6 Å². The standard InChI is InChI=1S/C22H31N5O2/c1-13-7-8-16-14-5-3-4-6-15(14)18(17(16)9-13)10-29-22(28)26-20-19-21(24-11-23-20)27(2)12-25-19/h11-18H,3-10H2,1-2H3,(H,23,24,26,28). The maximum Gasteiger partial charge on any atom is 0.412 e. The molecule has 0 bridgehead atoms. The third-order valence-electron chi connectivity index (χ3n) is 7.87. The molecule has 2 aromatic heterocycles. The first-order valence-electron chi connectivity index (χ1n) is 11.2. The van der Waals surface area contributed by atoms with Crippen LogP contribution in [0.3, 0.4) is 0 Å². The van der Waals surface area contributed by atoms with Crippen LogP contribution in [0.2, 0.25) is 0 Å². The Morgan fingerprint density at radius 2 is 1.90 bits per heavy atom. The van der Waals surface area contributed by atoms with E-state index >= 15 is 0 Å². The highest BCUT2D eigenvalue weighted by Crippen LogP contribution is 2.58. The predicted molar refractivity (Wildman–Crippen MR) is 110 cm³/mol. The van der Waals surface area contributed by atoms with Crippen LogP contribution in [0.15, 0.2) is 12.7 Å². The molecule has 3 aliphatic carbocycles. The van der Waals surface area contributed by atoms with Gasteiger partial charge in [0.25, 0.3) is 0 Å². The fraction of sp³-hybridized carbons (Fsp3) is 0.727. The molecule has 7 nitrogen and oxygen atoms in total. The van der Waals surface area contributed by atoms with Crippen LogP contribution >= 0.6 is 0 Å². The summed E-state index contributed by atoms with van der Waals surface area (Å²) in [7, 11) is 1.87. The Bertz CT molecular complexity index is 896. The minimum absolute atomic E-state index is 0.409. The van der Waals surface area contributed by atoms with Crippen LogP contribution in [0.25, 0.3) is 11.2 Å². The average molecular weight is 398 g/mol. The maximum absolute atomic E-state index is 12.6. The quantitative estimate of drug-likeness (QED) is 0.830. The summed E-state index contributed by atoms with van der Waals surface area (Å²) in [4.78, 5) is 25.3. The number of nitrogens with one attached hydrogen (secondary N) is 1. The van der Waals surface area contributed by atoms with Crippen molar-refractivity contribution >= 4 is 23.1 Å². The second-order valence-corrected chi connectivity index (χ2v) is 9.50. The first kappa shape index (κ1) is 18.8. The Balaban J connectivity index is 1.27. The molecule has 3 fully saturated rings. The van der Waals surface area contributed by atoms with E-state index in [4.69, 9.17) is 4.74 Å². The van der Waals surface area contributed by atoms with Gasteiger partial charge in [-0.2, -0.15) is 0 Å². The molecule has 3 aliphatic rings. The van der Waals surface area contributed by atoms with E-state index < -0.39 is 6.09 Å². The summed E-state index contributed by atoms with van der Waals surface area (Å²) < 4.78 is 7.58. The number of imidazole rings is 1. The molecule has 1 amide bonds. The minimum atomic E-state index is -0.435. The zero-order valence-electron chi connectivity index (χ0n) is 17.4. The SMILES string of the molecule is CC1CCC2C3CCCCC3C(COC(=O)Nc3ncnc4c3ncn4C)C2C1.